The molecular weight excluding hydrogens is 390 g/mol. The summed E-state index contributed by atoms with van der Waals surface area (Å²) < 4.78 is 6.17. The summed E-state index contributed by atoms with van der Waals surface area (Å²) in [4.78, 5) is 2.27. The van der Waals surface area contributed by atoms with Crippen LogP contribution in [0.5, 0.6) is 0 Å². The maximum Gasteiger partial charge on any atom is 0.137 e. The van der Waals surface area contributed by atoms with Crippen LogP contribution in [0.2, 0.25) is 0 Å². The van der Waals surface area contributed by atoms with Crippen LogP contribution in [0.4, 0.5) is 17.1 Å². The van der Waals surface area contributed by atoms with Crippen molar-refractivity contribution in [1.82, 2.24) is 0 Å². The molecule has 2 nitrogen and oxygen atoms in total. The van der Waals surface area contributed by atoms with Crippen molar-refractivity contribution in [3.8, 4) is 11.1 Å². The molecule has 0 aliphatic carbocycles. The molecule has 0 N–H and O–H groups in total. The first-order chi connectivity index (χ1) is 15.9. The molecule has 32 heavy (non-hydrogen) atoms. The molecule has 0 atom stereocenters. The van der Waals surface area contributed by atoms with Gasteiger partial charge in [0.2, 0.25) is 0 Å². The van der Waals surface area contributed by atoms with Crippen LogP contribution < -0.4 is 4.90 Å². The third kappa shape index (κ3) is 3.23. The predicted octanol–water partition coefficient (Wildman–Crippen LogP) is 8.72. The maximum absolute atomic E-state index is 6.17. The smallest absolute Gasteiger partial charge is 0.137 e. The van der Waals surface area contributed by atoms with Gasteiger partial charge in [0.05, 0.1) is 0 Å². The molecule has 0 saturated heterocycles. The van der Waals surface area contributed by atoms with Crippen LogP contribution in [0.1, 0.15) is 0 Å². The van der Waals surface area contributed by atoms with Gasteiger partial charge in [-0.25, -0.2) is 0 Å². The Balaban J connectivity index is 1.48. The summed E-state index contributed by atoms with van der Waals surface area (Å²) in [6.45, 7) is 0. The summed E-state index contributed by atoms with van der Waals surface area (Å²) in [5.41, 5.74) is 7.50. The van der Waals surface area contributed by atoms with E-state index in [4.69, 9.17) is 4.42 Å². The summed E-state index contributed by atoms with van der Waals surface area (Å²) >= 11 is 0. The molecule has 152 valence electrons. The minimum atomic E-state index is 0.894. The van der Waals surface area contributed by atoms with Crippen LogP contribution in [0.3, 0.4) is 0 Å². The zero-order chi connectivity index (χ0) is 21.3. The molecule has 1 aromatic heterocycles. The Labute approximate surface area is 187 Å². The first-order valence-corrected chi connectivity index (χ1v) is 10.8. The fraction of sp³-hybridized carbons (Fsp3) is 0. The topological polar surface area (TPSA) is 16.4 Å². The number of hydrogen-bond acceptors (Lipinski definition) is 2. The Morgan fingerprint density at radius 3 is 1.75 bits per heavy atom. The second-order valence-electron chi connectivity index (χ2n) is 7.86. The number of furan rings is 1. The van der Waals surface area contributed by atoms with E-state index in [0.29, 0.717) is 0 Å². The SMILES string of the molecule is c1ccc(-c2ccc(N(c3ccccc3)c3ccc4c(c3)oc3ccccc34)cc2)cc1. The van der Waals surface area contributed by atoms with Crippen LogP contribution in [0, 0.1) is 0 Å². The number of rotatable bonds is 4. The van der Waals surface area contributed by atoms with Crippen LogP contribution >= 0.6 is 0 Å². The van der Waals surface area contributed by atoms with Crippen molar-refractivity contribution < 1.29 is 4.42 Å². The molecule has 5 aromatic carbocycles. The molecule has 1 heterocycles. The normalized spacial score (nSPS) is 11.1. The number of fused-ring (bicyclic) bond motifs is 3. The van der Waals surface area contributed by atoms with E-state index in [1.165, 1.54) is 11.1 Å². The van der Waals surface area contributed by atoms with Gasteiger partial charge >= 0.3 is 0 Å². The lowest BCUT2D eigenvalue weighted by Crippen LogP contribution is -2.09. The van der Waals surface area contributed by atoms with Crippen LogP contribution in [-0.2, 0) is 0 Å². The van der Waals surface area contributed by atoms with Gasteiger partial charge in [0.15, 0.2) is 0 Å². The molecule has 2 heteroatoms. The fourth-order valence-electron chi connectivity index (χ4n) is 4.31. The number of para-hydroxylation sites is 2. The average molecular weight is 412 g/mol. The Bertz CT molecular complexity index is 1500. The summed E-state index contributed by atoms with van der Waals surface area (Å²) in [7, 11) is 0. The van der Waals surface area contributed by atoms with Crippen molar-refractivity contribution in [3.05, 3.63) is 127 Å². The van der Waals surface area contributed by atoms with E-state index in [1.807, 2.05) is 24.3 Å². The lowest BCUT2D eigenvalue weighted by molar-refractivity contribution is 0.669. The molecule has 0 saturated carbocycles. The Morgan fingerprint density at radius 2 is 0.969 bits per heavy atom. The van der Waals surface area contributed by atoms with Gasteiger partial charge in [-0.15, -0.1) is 0 Å². The standard InChI is InChI=1S/C30H21NO/c1-3-9-22(10-4-1)23-15-17-25(18-16-23)31(24-11-5-2-6-12-24)26-19-20-28-27-13-7-8-14-29(27)32-30(28)21-26/h1-21H. The lowest BCUT2D eigenvalue weighted by atomic mass is 10.0. The molecule has 0 bridgehead atoms. The van der Waals surface area contributed by atoms with Crippen molar-refractivity contribution in [1.29, 1.82) is 0 Å². The van der Waals surface area contributed by atoms with Crippen molar-refractivity contribution in [3.63, 3.8) is 0 Å². The first kappa shape index (κ1) is 18.5. The minimum Gasteiger partial charge on any atom is -0.456 e. The zero-order valence-corrected chi connectivity index (χ0v) is 17.5. The van der Waals surface area contributed by atoms with E-state index in [9.17, 15) is 0 Å². The highest BCUT2D eigenvalue weighted by atomic mass is 16.3. The van der Waals surface area contributed by atoms with E-state index in [2.05, 4.69) is 108 Å². The van der Waals surface area contributed by atoms with Crippen LogP contribution in [0.15, 0.2) is 132 Å². The summed E-state index contributed by atoms with van der Waals surface area (Å²) in [6.07, 6.45) is 0. The predicted molar refractivity (Wildman–Crippen MR) is 134 cm³/mol. The second-order valence-corrected chi connectivity index (χ2v) is 7.86. The Kier molecular flexibility index (Phi) is 4.47. The van der Waals surface area contributed by atoms with Crippen molar-refractivity contribution in [2.24, 2.45) is 0 Å². The number of nitrogens with zero attached hydrogens (tertiary/aromatic N) is 1. The Hall–Kier alpha value is -4.30. The highest BCUT2D eigenvalue weighted by Gasteiger charge is 2.15. The first-order valence-electron chi connectivity index (χ1n) is 10.8. The molecule has 0 amide bonds. The second kappa shape index (κ2) is 7.75. The Morgan fingerprint density at radius 1 is 0.406 bits per heavy atom. The van der Waals surface area contributed by atoms with E-state index in [0.717, 1.165) is 39.0 Å². The van der Waals surface area contributed by atoms with E-state index < -0.39 is 0 Å². The minimum absolute atomic E-state index is 0.894. The zero-order valence-electron chi connectivity index (χ0n) is 17.5. The number of anilines is 3. The van der Waals surface area contributed by atoms with Gasteiger partial charge in [0, 0.05) is 33.9 Å². The van der Waals surface area contributed by atoms with Gasteiger partial charge in [-0.2, -0.15) is 0 Å². The van der Waals surface area contributed by atoms with Crippen molar-refractivity contribution in [2.45, 2.75) is 0 Å². The highest BCUT2D eigenvalue weighted by molar-refractivity contribution is 6.06. The molecule has 0 spiro atoms. The quantitative estimate of drug-likeness (QED) is 0.288. The molecule has 0 aliphatic rings. The molecule has 0 unspecified atom stereocenters. The molecule has 6 aromatic rings. The monoisotopic (exact) mass is 411 g/mol. The number of hydrogen-bond donors (Lipinski definition) is 0. The summed E-state index contributed by atoms with van der Waals surface area (Å²) in [5.74, 6) is 0. The van der Waals surface area contributed by atoms with Gasteiger partial charge in [-0.3, -0.25) is 0 Å². The fourth-order valence-corrected chi connectivity index (χ4v) is 4.31. The van der Waals surface area contributed by atoms with E-state index in [-0.39, 0.29) is 0 Å². The van der Waals surface area contributed by atoms with Crippen molar-refractivity contribution in [2.75, 3.05) is 4.90 Å². The highest BCUT2D eigenvalue weighted by Crippen LogP contribution is 2.38. The lowest BCUT2D eigenvalue weighted by Gasteiger charge is -2.25. The molecule has 6 rings (SSSR count). The van der Waals surface area contributed by atoms with Gasteiger partial charge < -0.3 is 9.32 Å². The van der Waals surface area contributed by atoms with Gasteiger partial charge in [-0.05, 0) is 53.6 Å². The molecule has 0 aliphatic heterocycles. The van der Waals surface area contributed by atoms with Crippen molar-refractivity contribution >= 4 is 39.0 Å². The summed E-state index contributed by atoms with van der Waals surface area (Å²) in [6, 6.07) is 44.3. The van der Waals surface area contributed by atoms with Gasteiger partial charge in [0.25, 0.3) is 0 Å². The molecule has 0 fully saturated rings. The number of benzene rings is 5. The van der Waals surface area contributed by atoms with Crippen LogP contribution in [0.25, 0.3) is 33.1 Å². The van der Waals surface area contributed by atoms with E-state index in [1.54, 1.807) is 0 Å². The average Bonchev–Trinajstić information content (AvgIpc) is 3.24. The summed E-state index contributed by atoms with van der Waals surface area (Å²) in [5, 5.41) is 2.28. The van der Waals surface area contributed by atoms with Crippen LogP contribution in [-0.4, -0.2) is 0 Å². The van der Waals surface area contributed by atoms with Gasteiger partial charge in [-0.1, -0.05) is 78.9 Å². The maximum atomic E-state index is 6.17. The molecule has 0 radical (unpaired) electrons. The molecular formula is C30H21NO. The van der Waals surface area contributed by atoms with Gasteiger partial charge in [0.1, 0.15) is 11.2 Å². The third-order valence-electron chi connectivity index (χ3n) is 5.87. The third-order valence-corrected chi connectivity index (χ3v) is 5.87. The largest absolute Gasteiger partial charge is 0.456 e. The van der Waals surface area contributed by atoms with E-state index >= 15 is 0 Å².